The lowest BCUT2D eigenvalue weighted by atomic mass is 10.1. The second-order valence-electron chi connectivity index (χ2n) is 5.67. The van der Waals surface area contributed by atoms with Gasteiger partial charge in [-0.25, -0.2) is 0 Å². The van der Waals surface area contributed by atoms with Crippen molar-refractivity contribution in [1.82, 2.24) is 0 Å². The molecule has 0 aromatic heterocycles. The SMILES string of the molecule is CC1(C)O[C@H]([C@@H](COCc2ccccc2)OC=O)[C@@H](C(I)I)O1. The van der Waals surface area contributed by atoms with Crippen molar-refractivity contribution in [3.05, 3.63) is 35.9 Å². The largest absolute Gasteiger partial charge is 0.459 e. The summed E-state index contributed by atoms with van der Waals surface area (Å²) in [6.07, 6.45) is -1.03. The van der Waals surface area contributed by atoms with Crippen LogP contribution in [0.4, 0.5) is 0 Å². The highest BCUT2D eigenvalue weighted by molar-refractivity contribution is 14.2. The molecule has 5 nitrogen and oxygen atoms in total. The smallest absolute Gasteiger partial charge is 0.293 e. The van der Waals surface area contributed by atoms with Crippen molar-refractivity contribution >= 4 is 51.7 Å². The summed E-state index contributed by atoms with van der Waals surface area (Å²) in [6.45, 7) is 4.88. The Kier molecular flexibility index (Phi) is 7.52. The fourth-order valence-electron chi connectivity index (χ4n) is 2.45. The van der Waals surface area contributed by atoms with Crippen molar-refractivity contribution in [2.75, 3.05) is 6.61 Å². The predicted octanol–water partition coefficient (Wildman–Crippen LogP) is 3.46. The number of alkyl halides is 2. The highest BCUT2D eigenvalue weighted by atomic mass is 127. The third-order valence-corrected chi connectivity index (χ3v) is 4.82. The van der Waals surface area contributed by atoms with Gasteiger partial charge in [-0.15, -0.1) is 0 Å². The second-order valence-corrected chi connectivity index (χ2v) is 10.7. The molecule has 0 unspecified atom stereocenters. The summed E-state index contributed by atoms with van der Waals surface area (Å²) in [5, 5.41) is 0. The molecule has 1 heterocycles. The Balaban J connectivity index is 1.97. The Labute approximate surface area is 163 Å². The van der Waals surface area contributed by atoms with Crippen LogP contribution in [0.5, 0.6) is 0 Å². The molecule has 2 rings (SSSR count). The third-order valence-electron chi connectivity index (χ3n) is 3.40. The molecule has 128 valence electrons. The molecule has 0 radical (unpaired) electrons. The number of hydrogen-bond acceptors (Lipinski definition) is 5. The van der Waals surface area contributed by atoms with E-state index in [9.17, 15) is 4.79 Å². The first-order chi connectivity index (χ1) is 10.9. The van der Waals surface area contributed by atoms with E-state index in [4.69, 9.17) is 18.9 Å². The number of carbonyl (C=O) groups excluding carboxylic acids is 1. The summed E-state index contributed by atoms with van der Waals surface area (Å²) in [5.41, 5.74) is 1.07. The minimum Gasteiger partial charge on any atom is -0.459 e. The molecule has 0 aliphatic carbocycles. The number of carbonyl (C=O) groups is 1. The summed E-state index contributed by atoms with van der Waals surface area (Å²) < 4.78 is 23.0. The molecule has 0 N–H and O–H groups in total. The zero-order valence-electron chi connectivity index (χ0n) is 13.0. The van der Waals surface area contributed by atoms with E-state index in [1.807, 2.05) is 44.2 Å². The molecular weight excluding hydrogens is 526 g/mol. The summed E-state index contributed by atoms with van der Waals surface area (Å²) in [7, 11) is 0. The summed E-state index contributed by atoms with van der Waals surface area (Å²) in [4.78, 5) is 10.9. The van der Waals surface area contributed by atoms with E-state index < -0.39 is 11.9 Å². The van der Waals surface area contributed by atoms with E-state index in [1.165, 1.54) is 0 Å². The Bertz CT molecular complexity index is 495. The number of hydrogen-bond donors (Lipinski definition) is 0. The number of benzene rings is 1. The molecule has 0 bridgehead atoms. The van der Waals surface area contributed by atoms with Crippen molar-refractivity contribution in [2.45, 2.75) is 46.5 Å². The van der Waals surface area contributed by atoms with Crippen molar-refractivity contribution in [3.63, 3.8) is 0 Å². The molecule has 1 aromatic rings. The first-order valence-electron chi connectivity index (χ1n) is 7.27. The Hall–Kier alpha value is 0.0300. The van der Waals surface area contributed by atoms with Crippen molar-refractivity contribution in [3.8, 4) is 0 Å². The Morgan fingerprint density at radius 3 is 2.48 bits per heavy atom. The van der Waals surface area contributed by atoms with Crippen LogP contribution in [0.2, 0.25) is 0 Å². The van der Waals surface area contributed by atoms with Gasteiger partial charge in [0.05, 0.1) is 15.1 Å². The van der Waals surface area contributed by atoms with Gasteiger partial charge in [-0.2, -0.15) is 0 Å². The van der Waals surface area contributed by atoms with E-state index in [0.717, 1.165) is 5.56 Å². The molecule has 1 aromatic carbocycles. The van der Waals surface area contributed by atoms with Crippen molar-refractivity contribution in [2.24, 2.45) is 0 Å². The fourth-order valence-corrected chi connectivity index (χ4v) is 3.56. The minimum absolute atomic E-state index is 0.170. The zero-order chi connectivity index (χ0) is 16.9. The molecule has 1 fully saturated rings. The van der Waals surface area contributed by atoms with Gasteiger partial charge in [-0.1, -0.05) is 75.5 Å². The van der Waals surface area contributed by atoms with Crippen LogP contribution in [0, 0.1) is 0 Å². The lowest BCUT2D eigenvalue weighted by Gasteiger charge is -2.25. The van der Waals surface area contributed by atoms with Crippen LogP contribution >= 0.6 is 45.2 Å². The van der Waals surface area contributed by atoms with Gasteiger partial charge in [0.25, 0.3) is 6.47 Å². The molecule has 7 heteroatoms. The lowest BCUT2D eigenvalue weighted by Crippen LogP contribution is -2.42. The van der Waals surface area contributed by atoms with E-state index in [1.54, 1.807) is 0 Å². The molecule has 1 saturated heterocycles. The molecule has 1 aliphatic rings. The van der Waals surface area contributed by atoms with Gasteiger partial charge in [0.2, 0.25) is 0 Å². The van der Waals surface area contributed by atoms with Gasteiger partial charge in [0.15, 0.2) is 11.9 Å². The standard InChI is InChI=1S/C16H20I2O5/c1-16(2)22-13(14(23-16)15(17)18)12(21-10-19)9-20-8-11-6-4-3-5-7-11/h3-7,10,12-15H,8-9H2,1-2H3/t12-,13-,14+/m1/s1. The van der Waals surface area contributed by atoms with Crippen LogP contribution in [0.25, 0.3) is 0 Å². The number of halogens is 2. The summed E-state index contributed by atoms with van der Waals surface area (Å²) >= 11 is 4.56. The topological polar surface area (TPSA) is 54.0 Å². The maximum atomic E-state index is 10.9. The predicted molar refractivity (Wildman–Crippen MR) is 103 cm³/mol. The highest BCUT2D eigenvalue weighted by Gasteiger charge is 2.48. The van der Waals surface area contributed by atoms with Gasteiger partial charge >= 0.3 is 0 Å². The van der Waals surface area contributed by atoms with Crippen LogP contribution in [0.3, 0.4) is 0 Å². The van der Waals surface area contributed by atoms with E-state index >= 15 is 0 Å². The fraction of sp³-hybridized carbons (Fsp3) is 0.562. The van der Waals surface area contributed by atoms with Gasteiger partial charge in [-0.05, 0) is 19.4 Å². The van der Waals surface area contributed by atoms with Gasteiger partial charge in [-0.3, -0.25) is 4.79 Å². The van der Waals surface area contributed by atoms with Gasteiger partial charge in [0.1, 0.15) is 12.2 Å². The van der Waals surface area contributed by atoms with Crippen molar-refractivity contribution in [1.29, 1.82) is 0 Å². The Morgan fingerprint density at radius 2 is 1.87 bits per heavy atom. The van der Waals surface area contributed by atoms with Crippen molar-refractivity contribution < 1.29 is 23.7 Å². The molecule has 23 heavy (non-hydrogen) atoms. The van der Waals surface area contributed by atoms with E-state index in [-0.39, 0.29) is 20.7 Å². The van der Waals surface area contributed by atoms with Gasteiger partial charge in [0, 0.05) is 0 Å². The monoisotopic (exact) mass is 546 g/mol. The molecule has 0 saturated carbocycles. The lowest BCUT2D eigenvalue weighted by molar-refractivity contribution is -0.169. The third kappa shape index (κ3) is 5.80. The van der Waals surface area contributed by atoms with E-state index in [0.29, 0.717) is 13.1 Å². The summed E-state index contributed by atoms with van der Waals surface area (Å²) in [5.74, 6) is -0.701. The quantitative estimate of drug-likeness (QED) is 0.284. The van der Waals surface area contributed by atoms with Crippen LogP contribution in [-0.2, 0) is 30.3 Å². The minimum atomic E-state index is -0.701. The van der Waals surface area contributed by atoms with Crippen LogP contribution in [-0.4, -0.2) is 39.1 Å². The summed E-state index contributed by atoms with van der Waals surface area (Å²) in [6, 6.07) is 9.85. The average molecular weight is 546 g/mol. The first kappa shape index (κ1) is 19.4. The molecular formula is C16H20I2O5. The first-order valence-corrected chi connectivity index (χ1v) is 9.76. The van der Waals surface area contributed by atoms with Crippen LogP contribution in [0.15, 0.2) is 30.3 Å². The maximum absolute atomic E-state index is 10.9. The van der Waals surface area contributed by atoms with Crippen LogP contribution < -0.4 is 0 Å². The second kappa shape index (κ2) is 8.93. The van der Waals surface area contributed by atoms with Crippen LogP contribution in [0.1, 0.15) is 19.4 Å². The maximum Gasteiger partial charge on any atom is 0.293 e. The molecule has 0 spiro atoms. The molecule has 1 aliphatic heterocycles. The molecule has 3 atom stereocenters. The number of rotatable bonds is 8. The zero-order valence-corrected chi connectivity index (χ0v) is 17.3. The van der Waals surface area contributed by atoms with E-state index in [2.05, 4.69) is 45.2 Å². The number of ether oxygens (including phenoxy) is 4. The highest BCUT2D eigenvalue weighted by Crippen LogP contribution is 2.37. The average Bonchev–Trinajstić information content (AvgIpc) is 2.83. The molecule has 0 amide bonds. The normalized spacial score (nSPS) is 24.6. The Morgan fingerprint density at radius 1 is 1.22 bits per heavy atom. The van der Waals surface area contributed by atoms with Gasteiger partial charge < -0.3 is 18.9 Å².